The third-order valence-electron chi connectivity index (χ3n) is 10.1. The Morgan fingerprint density at radius 2 is 0.755 bits per heavy atom. The lowest BCUT2D eigenvalue weighted by Gasteiger charge is -2.17. The van der Waals surface area contributed by atoms with Gasteiger partial charge in [-0.1, -0.05) is 164 Å². The third kappa shape index (κ3) is 5.36. The molecule has 0 aliphatic heterocycles. The fourth-order valence-corrected chi connectivity index (χ4v) is 7.62. The lowest BCUT2D eigenvalue weighted by Crippen LogP contribution is -2.01. The summed E-state index contributed by atoms with van der Waals surface area (Å²) < 4.78 is 2.40. The molecule has 0 amide bonds. The number of hydrogen-bond donors (Lipinski definition) is 0. The second kappa shape index (κ2) is 12.9. The number of para-hydroxylation sites is 3. The maximum Gasteiger partial charge on any atom is 0.164 e. The van der Waals surface area contributed by atoms with Crippen LogP contribution in [0.2, 0.25) is 0 Å². The van der Waals surface area contributed by atoms with Crippen LogP contribution in [0.3, 0.4) is 0 Å². The van der Waals surface area contributed by atoms with E-state index in [-0.39, 0.29) is 0 Å². The van der Waals surface area contributed by atoms with Gasteiger partial charge in [-0.15, -0.1) is 0 Å². The van der Waals surface area contributed by atoms with Gasteiger partial charge in [-0.05, 0) is 57.8 Å². The van der Waals surface area contributed by atoms with E-state index in [4.69, 9.17) is 15.0 Å². The van der Waals surface area contributed by atoms with Gasteiger partial charge in [-0.25, -0.2) is 15.0 Å². The molecule has 0 aliphatic carbocycles. The van der Waals surface area contributed by atoms with Gasteiger partial charge < -0.3 is 4.57 Å². The average molecular weight is 677 g/mol. The van der Waals surface area contributed by atoms with Gasteiger partial charge in [0, 0.05) is 33.0 Å². The van der Waals surface area contributed by atoms with Crippen LogP contribution in [0.15, 0.2) is 194 Å². The minimum atomic E-state index is 0.636. The van der Waals surface area contributed by atoms with Gasteiger partial charge >= 0.3 is 0 Å². The minimum absolute atomic E-state index is 0.636. The van der Waals surface area contributed by atoms with E-state index in [0.29, 0.717) is 17.5 Å². The van der Waals surface area contributed by atoms with Crippen LogP contribution in [-0.2, 0) is 0 Å². The molecular weight excluding hydrogens is 645 g/mol. The Bertz CT molecular complexity index is 2890. The van der Waals surface area contributed by atoms with E-state index in [1.807, 2.05) is 24.3 Å². The van der Waals surface area contributed by atoms with Gasteiger partial charge in [0.05, 0.1) is 16.7 Å². The fourth-order valence-electron chi connectivity index (χ4n) is 7.62. The second-order valence-corrected chi connectivity index (χ2v) is 13.2. The van der Waals surface area contributed by atoms with Crippen molar-refractivity contribution in [3.8, 4) is 62.1 Å². The van der Waals surface area contributed by atoms with Crippen molar-refractivity contribution in [1.29, 1.82) is 0 Å². The van der Waals surface area contributed by atoms with Gasteiger partial charge in [0.15, 0.2) is 17.5 Å². The summed E-state index contributed by atoms with van der Waals surface area (Å²) in [6.07, 6.45) is 0. The van der Waals surface area contributed by atoms with Gasteiger partial charge in [0.25, 0.3) is 0 Å². The Morgan fingerprint density at radius 1 is 0.283 bits per heavy atom. The summed E-state index contributed by atoms with van der Waals surface area (Å²) in [4.78, 5) is 15.4. The number of fused-ring (bicyclic) bond motifs is 4. The molecule has 10 aromatic rings. The molecule has 0 radical (unpaired) electrons. The number of benzene rings is 8. The zero-order valence-corrected chi connectivity index (χ0v) is 28.8. The molecule has 0 aliphatic rings. The average Bonchev–Trinajstić information content (AvgIpc) is 3.58. The van der Waals surface area contributed by atoms with Crippen molar-refractivity contribution in [1.82, 2.24) is 19.5 Å². The van der Waals surface area contributed by atoms with Crippen molar-refractivity contribution in [3.05, 3.63) is 194 Å². The van der Waals surface area contributed by atoms with Crippen molar-refractivity contribution in [2.24, 2.45) is 0 Å². The standard InChI is InChI=1S/C49H32N4/c1-3-16-33(17-4-1)35-20-15-21-36(32-35)48-50-47(34-18-5-2-6-19-34)51-49(52-48)43-31-30-39(37-22-7-8-23-38(37)43)40-24-9-12-27-44(40)53-45-28-13-10-25-41(45)42-26-11-14-29-46(42)53/h1-32H. The molecule has 248 valence electrons. The molecule has 4 nitrogen and oxygen atoms in total. The molecule has 0 fully saturated rings. The highest BCUT2D eigenvalue weighted by atomic mass is 15.0. The van der Waals surface area contributed by atoms with Crippen LogP contribution in [0.1, 0.15) is 0 Å². The molecule has 2 aromatic heterocycles. The Labute approximate surface area is 307 Å². The molecule has 10 rings (SSSR count). The summed E-state index contributed by atoms with van der Waals surface area (Å²) in [6, 6.07) is 68.1. The molecule has 0 spiro atoms. The fraction of sp³-hybridized carbons (Fsp3) is 0. The highest BCUT2D eigenvalue weighted by Crippen LogP contribution is 2.40. The van der Waals surface area contributed by atoms with Crippen LogP contribution >= 0.6 is 0 Å². The predicted molar refractivity (Wildman–Crippen MR) is 219 cm³/mol. The molecular formula is C49H32N4. The maximum absolute atomic E-state index is 5.19. The van der Waals surface area contributed by atoms with Crippen LogP contribution in [-0.4, -0.2) is 19.5 Å². The van der Waals surface area contributed by atoms with E-state index in [2.05, 4.69) is 174 Å². The summed E-state index contributed by atoms with van der Waals surface area (Å²) in [5.41, 5.74) is 10.9. The Morgan fingerprint density at radius 3 is 1.45 bits per heavy atom. The zero-order chi connectivity index (χ0) is 35.1. The maximum atomic E-state index is 5.19. The van der Waals surface area contributed by atoms with Gasteiger partial charge in [-0.2, -0.15) is 0 Å². The zero-order valence-electron chi connectivity index (χ0n) is 28.8. The van der Waals surface area contributed by atoms with E-state index in [0.717, 1.165) is 55.4 Å². The quantitative estimate of drug-likeness (QED) is 0.176. The first kappa shape index (κ1) is 30.6. The number of aromatic nitrogens is 4. The van der Waals surface area contributed by atoms with Crippen molar-refractivity contribution >= 4 is 32.6 Å². The normalized spacial score (nSPS) is 11.4. The smallest absolute Gasteiger partial charge is 0.164 e. The minimum Gasteiger partial charge on any atom is -0.309 e. The van der Waals surface area contributed by atoms with Gasteiger partial charge in [0.2, 0.25) is 0 Å². The SMILES string of the molecule is c1ccc(-c2cccc(-c3nc(-c4ccccc4)nc(-c4ccc(-c5ccccc5-n5c6ccccc6c6ccccc65)c5ccccc45)n3)c2)cc1. The first-order valence-electron chi connectivity index (χ1n) is 17.9. The van der Waals surface area contributed by atoms with Crippen LogP contribution in [0.5, 0.6) is 0 Å². The van der Waals surface area contributed by atoms with Crippen LogP contribution in [0, 0.1) is 0 Å². The van der Waals surface area contributed by atoms with Crippen molar-refractivity contribution in [3.63, 3.8) is 0 Å². The van der Waals surface area contributed by atoms with Crippen LogP contribution in [0.25, 0.3) is 94.7 Å². The molecule has 0 bridgehead atoms. The third-order valence-corrected chi connectivity index (χ3v) is 10.1. The van der Waals surface area contributed by atoms with Crippen LogP contribution < -0.4 is 0 Å². The monoisotopic (exact) mass is 676 g/mol. The Hall–Kier alpha value is -7.17. The molecule has 0 saturated heterocycles. The molecule has 0 saturated carbocycles. The second-order valence-electron chi connectivity index (χ2n) is 13.2. The summed E-state index contributed by atoms with van der Waals surface area (Å²) >= 11 is 0. The van der Waals surface area contributed by atoms with E-state index in [1.165, 1.54) is 21.8 Å². The lowest BCUT2D eigenvalue weighted by molar-refractivity contribution is 1.08. The highest BCUT2D eigenvalue weighted by molar-refractivity contribution is 6.11. The molecule has 2 heterocycles. The summed E-state index contributed by atoms with van der Waals surface area (Å²) in [5, 5.41) is 4.70. The molecule has 0 unspecified atom stereocenters. The van der Waals surface area contributed by atoms with E-state index in [9.17, 15) is 0 Å². The Kier molecular flexibility index (Phi) is 7.43. The number of nitrogens with zero attached hydrogens (tertiary/aromatic N) is 4. The molecule has 4 heteroatoms. The molecule has 0 N–H and O–H groups in total. The lowest BCUT2D eigenvalue weighted by atomic mass is 9.93. The largest absolute Gasteiger partial charge is 0.309 e. The predicted octanol–water partition coefficient (Wildman–Crippen LogP) is 12.5. The van der Waals surface area contributed by atoms with E-state index >= 15 is 0 Å². The topological polar surface area (TPSA) is 43.6 Å². The van der Waals surface area contributed by atoms with Crippen molar-refractivity contribution in [2.45, 2.75) is 0 Å². The number of hydrogen-bond acceptors (Lipinski definition) is 3. The number of rotatable bonds is 6. The summed E-state index contributed by atoms with van der Waals surface area (Å²) in [7, 11) is 0. The molecule has 0 atom stereocenters. The van der Waals surface area contributed by atoms with Gasteiger partial charge in [0.1, 0.15) is 0 Å². The highest BCUT2D eigenvalue weighted by Gasteiger charge is 2.19. The summed E-state index contributed by atoms with van der Waals surface area (Å²) in [6.45, 7) is 0. The van der Waals surface area contributed by atoms with Gasteiger partial charge in [-0.3, -0.25) is 0 Å². The Balaban J connectivity index is 1.17. The van der Waals surface area contributed by atoms with E-state index < -0.39 is 0 Å². The molecule has 8 aromatic carbocycles. The van der Waals surface area contributed by atoms with Crippen LogP contribution in [0.4, 0.5) is 0 Å². The molecule has 53 heavy (non-hydrogen) atoms. The summed E-state index contributed by atoms with van der Waals surface area (Å²) in [5.74, 6) is 1.91. The van der Waals surface area contributed by atoms with E-state index in [1.54, 1.807) is 0 Å². The van der Waals surface area contributed by atoms with Crippen molar-refractivity contribution in [2.75, 3.05) is 0 Å². The first-order chi connectivity index (χ1) is 26.3. The van der Waals surface area contributed by atoms with Crippen molar-refractivity contribution < 1.29 is 0 Å². The first-order valence-corrected chi connectivity index (χ1v) is 17.9.